The minimum atomic E-state index is -0.107. The maximum atomic E-state index is 12.2. The maximum absolute atomic E-state index is 12.2. The topological polar surface area (TPSA) is 48.4 Å². The third-order valence-corrected chi connectivity index (χ3v) is 4.21. The summed E-state index contributed by atoms with van der Waals surface area (Å²) < 4.78 is 10.4. The number of thiazole rings is 1. The molecule has 22 heavy (non-hydrogen) atoms. The largest absolute Gasteiger partial charge is 0.497 e. The van der Waals surface area contributed by atoms with Crippen molar-refractivity contribution in [3.8, 4) is 11.5 Å². The molecule has 0 radical (unpaired) electrons. The van der Waals surface area contributed by atoms with E-state index in [1.807, 2.05) is 12.1 Å². The summed E-state index contributed by atoms with van der Waals surface area (Å²) in [5, 5.41) is 2.77. The number of ether oxygens (including phenoxy) is 2. The molecular formula is C17H19NO3S. The van der Waals surface area contributed by atoms with Crippen LogP contribution in [0.25, 0.3) is 6.08 Å². The van der Waals surface area contributed by atoms with Gasteiger partial charge in [-0.2, -0.15) is 0 Å². The van der Waals surface area contributed by atoms with Gasteiger partial charge in [-0.25, -0.2) is 4.98 Å². The Bertz CT molecular complexity index is 667. The normalized spacial score (nSPS) is 11.1. The number of hydrogen-bond donors (Lipinski definition) is 0. The highest BCUT2D eigenvalue weighted by Crippen LogP contribution is 2.24. The van der Waals surface area contributed by atoms with E-state index in [4.69, 9.17) is 9.47 Å². The molecule has 5 heteroatoms. The zero-order valence-corrected chi connectivity index (χ0v) is 13.9. The van der Waals surface area contributed by atoms with Gasteiger partial charge in [-0.05, 0) is 23.8 Å². The molecule has 1 aromatic carbocycles. The maximum Gasteiger partial charge on any atom is 0.205 e. The van der Waals surface area contributed by atoms with Gasteiger partial charge in [-0.1, -0.05) is 19.9 Å². The van der Waals surface area contributed by atoms with Crippen molar-refractivity contribution in [1.29, 1.82) is 0 Å². The van der Waals surface area contributed by atoms with Crippen molar-refractivity contribution in [1.82, 2.24) is 4.98 Å². The molecule has 0 aliphatic heterocycles. The third kappa shape index (κ3) is 3.95. The molecule has 0 aliphatic carbocycles. The van der Waals surface area contributed by atoms with Crippen LogP contribution in [-0.4, -0.2) is 25.0 Å². The van der Waals surface area contributed by atoms with Gasteiger partial charge in [0.05, 0.1) is 19.2 Å². The Morgan fingerprint density at radius 1 is 1.18 bits per heavy atom. The lowest BCUT2D eigenvalue weighted by Gasteiger charge is -2.05. The molecule has 0 amide bonds. The monoisotopic (exact) mass is 317 g/mol. The number of ketones is 1. The Kier molecular flexibility index (Phi) is 5.33. The van der Waals surface area contributed by atoms with Crippen molar-refractivity contribution in [2.24, 2.45) is 0 Å². The Morgan fingerprint density at radius 3 is 2.32 bits per heavy atom. The lowest BCUT2D eigenvalue weighted by Crippen LogP contribution is -1.96. The molecule has 2 rings (SSSR count). The zero-order chi connectivity index (χ0) is 16.1. The molecule has 0 saturated carbocycles. The summed E-state index contributed by atoms with van der Waals surface area (Å²) in [5.41, 5.74) is 1.32. The summed E-state index contributed by atoms with van der Waals surface area (Å²) in [6.45, 7) is 4.12. The van der Waals surface area contributed by atoms with Crippen LogP contribution in [0.5, 0.6) is 11.5 Å². The third-order valence-electron chi connectivity index (χ3n) is 3.07. The minimum absolute atomic E-state index is 0.107. The van der Waals surface area contributed by atoms with Crippen LogP contribution in [0.15, 0.2) is 29.7 Å². The van der Waals surface area contributed by atoms with E-state index in [0.717, 1.165) is 10.6 Å². The lowest BCUT2D eigenvalue weighted by atomic mass is 10.1. The fourth-order valence-corrected chi connectivity index (χ4v) is 2.67. The molecule has 0 atom stereocenters. The Balaban J connectivity index is 2.18. The fraction of sp³-hybridized carbons (Fsp3) is 0.294. The Hall–Kier alpha value is -2.14. The van der Waals surface area contributed by atoms with Crippen LogP contribution in [0.3, 0.4) is 0 Å². The van der Waals surface area contributed by atoms with Crippen LogP contribution in [-0.2, 0) is 0 Å². The van der Waals surface area contributed by atoms with Gasteiger partial charge in [0, 0.05) is 17.4 Å². The van der Waals surface area contributed by atoms with Crippen molar-refractivity contribution < 1.29 is 14.3 Å². The second-order valence-corrected chi connectivity index (χ2v) is 5.96. The zero-order valence-electron chi connectivity index (χ0n) is 13.1. The smallest absolute Gasteiger partial charge is 0.205 e. The highest BCUT2D eigenvalue weighted by atomic mass is 32.1. The molecule has 116 valence electrons. The molecule has 4 nitrogen and oxygen atoms in total. The molecule has 2 aromatic rings. The van der Waals surface area contributed by atoms with Crippen molar-refractivity contribution >= 4 is 23.2 Å². The molecule has 1 aromatic heterocycles. The van der Waals surface area contributed by atoms with E-state index in [0.29, 0.717) is 23.1 Å². The quantitative estimate of drug-likeness (QED) is 0.592. The van der Waals surface area contributed by atoms with Gasteiger partial charge < -0.3 is 9.47 Å². The minimum Gasteiger partial charge on any atom is -0.497 e. The van der Waals surface area contributed by atoms with E-state index in [2.05, 4.69) is 18.8 Å². The highest BCUT2D eigenvalue weighted by Gasteiger charge is 2.10. The van der Waals surface area contributed by atoms with Crippen LogP contribution in [0.4, 0.5) is 0 Å². The second-order valence-electron chi connectivity index (χ2n) is 5.07. The van der Waals surface area contributed by atoms with Gasteiger partial charge in [0.15, 0.2) is 0 Å². The van der Waals surface area contributed by atoms with E-state index in [1.54, 1.807) is 31.7 Å². The van der Waals surface area contributed by atoms with Gasteiger partial charge >= 0.3 is 0 Å². The molecule has 0 spiro atoms. The van der Waals surface area contributed by atoms with Crippen LogP contribution < -0.4 is 9.47 Å². The van der Waals surface area contributed by atoms with E-state index in [9.17, 15) is 4.79 Å². The standard InChI is InChI=1S/C17H19NO3S/c1-11(2)17-18-15(10-22-17)16(19)6-5-12-7-13(20-3)9-14(8-12)21-4/h5-11H,1-4H3/b6-5+. The predicted octanol–water partition coefficient (Wildman–Crippen LogP) is 4.18. The predicted molar refractivity (Wildman–Crippen MR) is 89.1 cm³/mol. The highest BCUT2D eigenvalue weighted by molar-refractivity contribution is 7.09. The average Bonchev–Trinajstić information content (AvgIpc) is 3.02. The number of methoxy groups -OCH3 is 2. The lowest BCUT2D eigenvalue weighted by molar-refractivity contribution is 0.104. The van der Waals surface area contributed by atoms with E-state index >= 15 is 0 Å². The van der Waals surface area contributed by atoms with E-state index in [1.165, 1.54) is 17.4 Å². The first kappa shape index (κ1) is 16.2. The molecule has 0 unspecified atom stereocenters. The van der Waals surface area contributed by atoms with E-state index < -0.39 is 0 Å². The number of carbonyl (C=O) groups is 1. The molecule has 0 saturated heterocycles. The summed E-state index contributed by atoms with van der Waals surface area (Å²) in [4.78, 5) is 16.5. The van der Waals surface area contributed by atoms with Crippen LogP contribution in [0, 0.1) is 0 Å². The molecule has 1 heterocycles. The number of nitrogens with zero attached hydrogens (tertiary/aromatic N) is 1. The van der Waals surface area contributed by atoms with Crippen molar-refractivity contribution in [2.45, 2.75) is 19.8 Å². The van der Waals surface area contributed by atoms with Crippen molar-refractivity contribution in [3.63, 3.8) is 0 Å². The van der Waals surface area contributed by atoms with Gasteiger partial charge in [0.2, 0.25) is 5.78 Å². The van der Waals surface area contributed by atoms with Crippen molar-refractivity contribution in [3.05, 3.63) is 45.9 Å². The van der Waals surface area contributed by atoms with Gasteiger partial charge in [-0.15, -0.1) is 11.3 Å². The molecule has 0 fully saturated rings. The first-order valence-corrected chi connectivity index (χ1v) is 7.82. The summed E-state index contributed by atoms with van der Waals surface area (Å²) in [6, 6.07) is 5.47. The SMILES string of the molecule is COc1cc(/C=C/C(=O)c2csc(C(C)C)n2)cc(OC)c1. The number of allylic oxidation sites excluding steroid dienone is 1. The van der Waals surface area contributed by atoms with Crippen molar-refractivity contribution in [2.75, 3.05) is 14.2 Å². The van der Waals surface area contributed by atoms with Gasteiger partial charge in [0.1, 0.15) is 17.2 Å². The number of aromatic nitrogens is 1. The number of benzene rings is 1. The molecular weight excluding hydrogens is 298 g/mol. The van der Waals surface area contributed by atoms with Gasteiger partial charge in [0.25, 0.3) is 0 Å². The van der Waals surface area contributed by atoms with Gasteiger partial charge in [-0.3, -0.25) is 4.79 Å². The van der Waals surface area contributed by atoms with E-state index in [-0.39, 0.29) is 5.78 Å². The number of rotatable bonds is 6. The number of carbonyl (C=O) groups excluding carboxylic acids is 1. The fourth-order valence-electron chi connectivity index (χ4n) is 1.85. The Labute approximate surface area is 134 Å². The Morgan fingerprint density at radius 2 is 1.82 bits per heavy atom. The molecule has 0 N–H and O–H groups in total. The van der Waals surface area contributed by atoms with Crippen LogP contribution in [0.1, 0.15) is 40.8 Å². The number of hydrogen-bond acceptors (Lipinski definition) is 5. The summed E-state index contributed by atoms with van der Waals surface area (Å²) in [6.07, 6.45) is 3.26. The van der Waals surface area contributed by atoms with Crippen LogP contribution in [0.2, 0.25) is 0 Å². The van der Waals surface area contributed by atoms with Crippen LogP contribution >= 0.6 is 11.3 Å². The summed E-state index contributed by atoms with van der Waals surface area (Å²) in [7, 11) is 3.19. The second kappa shape index (κ2) is 7.22. The first-order valence-electron chi connectivity index (χ1n) is 6.94. The summed E-state index contributed by atoms with van der Waals surface area (Å²) in [5.74, 6) is 1.59. The summed E-state index contributed by atoms with van der Waals surface area (Å²) >= 11 is 1.51. The molecule has 0 bridgehead atoms. The first-order chi connectivity index (χ1) is 10.5. The average molecular weight is 317 g/mol. The molecule has 0 aliphatic rings.